The molecule has 2 rings (SSSR count). The van der Waals surface area contributed by atoms with E-state index in [1.165, 1.54) is 18.5 Å². The second-order valence-electron chi connectivity index (χ2n) is 3.73. The average molecular weight is 232 g/mol. The van der Waals surface area contributed by atoms with Crippen molar-refractivity contribution >= 4 is 0 Å². The van der Waals surface area contributed by atoms with Gasteiger partial charge in [-0.1, -0.05) is 6.07 Å². The molecule has 0 amide bonds. The van der Waals surface area contributed by atoms with E-state index in [1.54, 1.807) is 18.3 Å². The lowest BCUT2D eigenvalue weighted by molar-refractivity contribution is 0.603. The molecule has 1 atom stereocenters. The molecule has 0 fully saturated rings. The molecule has 1 aromatic carbocycles. The predicted molar refractivity (Wildman–Crippen MR) is 62.3 cm³/mol. The number of rotatable bonds is 3. The fraction of sp³-hybridized carbons (Fsp3) is 0.167. The molecule has 0 saturated carbocycles. The summed E-state index contributed by atoms with van der Waals surface area (Å²) in [4.78, 5) is 8.00. The molecule has 1 aromatic heterocycles. The van der Waals surface area contributed by atoms with Crippen LogP contribution in [0.4, 0.5) is 4.39 Å². The zero-order chi connectivity index (χ0) is 12.3. The Bertz CT molecular complexity index is 501. The Hall–Kier alpha value is -1.85. The summed E-state index contributed by atoms with van der Waals surface area (Å²) in [7, 11) is 0. The zero-order valence-corrected chi connectivity index (χ0v) is 9.39. The Balaban J connectivity index is 2.42. The number of hydrogen-bond acceptors (Lipinski definition) is 4. The Morgan fingerprint density at radius 1 is 1.35 bits per heavy atom. The molecule has 2 aromatic rings. The molecular formula is C12H13FN4. The second kappa shape index (κ2) is 4.99. The van der Waals surface area contributed by atoms with Gasteiger partial charge < -0.3 is 0 Å². The second-order valence-corrected chi connectivity index (χ2v) is 3.73. The molecule has 5 heteroatoms. The van der Waals surface area contributed by atoms with Crippen LogP contribution in [-0.4, -0.2) is 9.97 Å². The van der Waals surface area contributed by atoms with Crippen LogP contribution in [0.3, 0.4) is 0 Å². The molecule has 0 aliphatic heterocycles. The number of nitrogens with one attached hydrogen (secondary N) is 1. The van der Waals surface area contributed by atoms with Crippen LogP contribution >= 0.6 is 0 Å². The van der Waals surface area contributed by atoms with Gasteiger partial charge in [0.2, 0.25) is 0 Å². The van der Waals surface area contributed by atoms with Crippen molar-refractivity contribution in [2.45, 2.75) is 13.0 Å². The first kappa shape index (κ1) is 11.6. The van der Waals surface area contributed by atoms with Gasteiger partial charge in [-0.05, 0) is 36.2 Å². The van der Waals surface area contributed by atoms with E-state index in [9.17, 15) is 4.39 Å². The van der Waals surface area contributed by atoms with Gasteiger partial charge in [0.25, 0.3) is 0 Å². The largest absolute Gasteiger partial charge is 0.271 e. The van der Waals surface area contributed by atoms with Crippen molar-refractivity contribution in [3.63, 3.8) is 0 Å². The van der Waals surface area contributed by atoms with Gasteiger partial charge in [-0.3, -0.25) is 5.84 Å². The highest BCUT2D eigenvalue weighted by Crippen LogP contribution is 2.22. The van der Waals surface area contributed by atoms with Gasteiger partial charge in [0.05, 0.1) is 11.7 Å². The van der Waals surface area contributed by atoms with Gasteiger partial charge in [0, 0.05) is 6.20 Å². The van der Waals surface area contributed by atoms with Gasteiger partial charge in [-0.2, -0.15) is 0 Å². The van der Waals surface area contributed by atoms with Crippen molar-refractivity contribution in [2.75, 3.05) is 0 Å². The highest BCUT2D eigenvalue weighted by molar-refractivity contribution is 5.34. The van der Waals surface area contributed by atoms with E-state index in [0.29, 0.717) is 0 Å². The summed E-state index contributed by atoms with van der Waals surface area (Å²) in [6.45, 7) is 1.84. The summed E-state index contributed by atoms with van der Waals surface area (Å²) in [5, 5.41) is 0. The number of hydrazine groups is 1. The lowest BCUT2D eigenvalue weighted by Crippen LogP contribution is -2.30. The van der Waals surface area contributed by atoms with Gasteiger partial charge >= 0.3 is 0 Å². The van der Waals surface area contributed by atoms with Gasteiger partial charge in [0.15, 0.2) is 0 Å². The Morgan fingerprint density at radius 2 is 2.18 bits per heavy atom. The number of halogens is 1. The van der Waals surface area contributed by atoms with Crippen LogP contribution in [0.5, 0.6) is 0 Å². The SMILES string of the molecule is Cc1cc(F)ccc1C(NN)c1ccncn1. The minimum Gasteiger partial charge on any atom is -0.271 e. The van der Waals surface area contributed by atoms with Crippen molar-refractivity contribution in [1.29, 1.82) is 0 Å². The van der Waals surface area contributed by atoms with Crippen LogP contribution in [-0.2, 0) is 0 Å². The minimum atomic E-state index is -0.265. The molecule has 4 nitrogen and oxygen atoms in total. The third-order valence-electron chi connectivity index (χ3n) is 2.61. The van der Waals surface area contributed by atoms with E-state index in [2.05, 4.69) is 15.4 Å². The van der Waals surface area contributed by atoms with E-state index in [0.717, 1.165) is 16.8 Å². The van der Waals surface area contributed by atoms with Crippen molar-refractivity contribution in [1.82, 2.24) is 15.4 Å². The van der Waals surface area contributed by atoms with E-state index >= 15 is 0 Å². The quantitative estimate of drug-likeness (QED) is 0.621. The summed E-state index contributed by atoms with van der Waals surface area (Å²) in [5.74, 6) is 5.28. The van der Waals surface area contributed by atoms with Crippen molar-refractivity contribution in [3.05, 3.63) is 59.4 Å². The Labute approximate surface area is 98.7 Å². The Morgan fingerprint density at radius 3 is 2.76 bits per heavy atom. The molecule has 0 radical (unpaired) electrons. The summed E-state index contributed by atoms with van der Waals surface area (Å²) in [6, 6.07) is 6.10. The van der Waals surface area contributed by atoms with E-state index in [-0.39, 0.29) is 11.9 Å². The van der Waals surface area contributed by atoms with Crippen molar-refractivity contribution < 1.29 is 4.39 Å². The molecule has 1 heterocycles. The maximum atomic E-state index is 13.0. The molecule has 88 valence electrons. The minimum absolute atomic E-state index is 0.260. The maximum absolute atomic E-state index is 13.0. The molecule has 3 N–H and O–H groups in total. The number of aromatic nitrogens is 2. The van der Waals surface area contributed by atoms with Gasteiger partial charge in [-0.25, -0.2) is 19.8 Å². The number of nitrogens with zero attached hydrogens (tertiary/aromatic N) is 2. The smallest absolute Gasteiger partial charge is 0.123 e. The van der Waals surface area contributed by atoms with Gasteiger partial charge in [-0.15, -0.1) is 0 Å². The monoisotopic (exact) mass is 232 g/mol. The van der Waals surface area contributed by atoms with Crippen LogP contribution in [0.25, 0.3) is 0 Å². The van der Waals surface area contributed by atoms with Crippen LogP contribution in [0.15, 0.2) is 36.8 Å². The van der Waals surface area contributed by atoms with Gasteiger partial charge in [0.1, 0.15) is 12.1 Å². The van der Waals surface area contributed by atoms with Crippen LogP contribution in [0, 0.1) is 12.7 Å². The summed E-state index contributed by atoms with van der Waals surface area (Å²) in [5.41, 5.74) is 5.15. The molecule has 0 spiro atoms. The normalized spacial score (nSPS) is 12.4. The number of hydrogen-bond donors (Lipinski definition) is 2. The Kier molecular flexibility index (Phi) is 3.41. The lowest BCUT2D eigenvalue weighted by Gasteiger charge is -2.17. The van der Waals surface area contributed by atoms with Crippen LogP contribution < -0.4 is 11.3 Å². The third-order valence-corrected chi connectivity index (χ3v) is 2.61. The molecule has 1 unspecified atom stereocenters. The van der Waals surface area contributed by atoms with Crippen molar-refractivity contribution in [3.8, 4) is 0 Å². The summed E-state index contributed by atoms with van der Waals surface area (Å²) in [6.07, 6.45) is 3.10. The van der Waals surface area contributed by atoms with E-state index in [1.807, 2.05) is 6.92 Å². The summed E-state index contributed by atoms with van der Waals surface area (Å²) >= 11 is 0. The number of benzene rings is 1. The topological polar surface area (TPSA) is 63.8 Å². The standard InChI is InChI=1S/C12H13FN4/c1-8-6-9(13)2-3-10(8)12(17-14)11-4-5-15-7-16-11/h2-7,12,17H,14H2,1H3. The predicted octanol–water partition coefficient (Wildman–Crippen LogP) is 1.48. The molecule has 0 aliphatic rings. The molecule has 0 saturated heterocycles. The van der Waals surface area contributed by atoms with E-state index < -0.39 is 0 Å². The first-order valence-corrected chi connectivity index (χ1v) is 5.20. The fourth-order valence-corrected chi connectivity index (χ4v) is 1.77. The first-order valence-electron chi connectivity index (χ1n) is 5.20. The number of nitrogens with two attached hydrogens (primary N) is 1. The van der Waals surface area contributed by atoms with Crippen molar-refractivity contribution in [2.24, 2.45) is 5.84 Å². The summed E-state index contributed by atoms with van der Waals surface area (Å²) < 4.78 is 13.0. The van der Waals surface area contributed by atoms with Crippen LogP contribution in [0.1, 0.15) is 22.9 Å². The van der Waals surface area contributed by atoms with Crippen LogP contribution in [0.2, 0.25) is 0 Å². The molecular weight excluding hydrogens is 219 g/mol. The highest BCUT2D eigenvalue weighted by Gasteiger charge is 2.15. The first-order chi connectivity index (χ1) is 8.22. The third kappa shape index (κ3) is 2.46. The average Bonchev–Trinajstić information content (AvgIpc) is 2.34. The molecule has 0 bridgehead atoms. The lowest BCUT2D eigenvalue weighted by atomic mass is 9.99. The molecule has 0 aliphatic carbocycles. The maximum Gasteiger partial charge on any atom is 0.123 e. The zero-order valence-electron chi connectivity index (χ0n) is 9.39. The number of aryl methyl sites for hydroxylation is 1. The van der Waals surface area contributed by atoms with E-state index in [4.69, 9.17) is 5.84 Å². The highest BCUT2D eigenvalue weighted by atomic mass is 19.1. The fourth-order valence-electron chi connectivity index (χ4n) is 1.77. The molecule has 17 heavy (non-hydrogen) atoms.